The van der Waals surface area contributed by atoms with E-state index in [0.717, 1.165) is 16.7 Å². The standard InChI is InChI=1S/C18H23NO/c1-15-9-7-8-12-17(15)18(20-14-13-19(2)3)16-10-5-4-6-11-16/h4-12,18H,13-14H2,1-3H3/i2D3,3D3,13D2. The molecular weight excluding hydrogens is 246 g/mol. The Kier molecular flexibility index (Phi) is 2.67. The van der Waals surface area contributed by atoms with Crippen LogP contribution in [0.5, 0.6) is 0 Å². The molecular formula is C18H23NO. The van der Waals surface area contributed by atoms with Gasteiger partial charge in [0, 0.05) is 17.5 Å². The normalized spacial score (nSPS) is 20.5. The maximum atomic E-state index is 8.11. The molecule has 0 heterocycles. The van der Waals surface area contributed by atoms with Crippen molar-refractivity contribution < 1.29 is 15.7 Å². The molecule has 20 heavy (non-hydrogen) atoms. The lowest BCUT2D eigenvalue weighted by molar-refractivity contribution is 0.0683. The second-order valence-electron chi connectivity index (χ2n) is 4.45. The molecule has 0 aliphatic rings. The van der Waals surface area contributed by atoms with Crippen LogP contribution in [0, 0.1) is 6.92 Å². The molecule has 0 saturated carbocycles. The number of hydrogen-bond donors (Lipinski definition) is 0. The van der Waals surface area contributed by atoms with Gasteiger partial charge in [-0.1, -0.05) is 54.6 Å². The van der Waals surface area contributed by atoms with Crippen LogP contribution in [0.3, 0.4) is 0 Å². The summed E-state index contributed by atoms with van der Waals surface area (Å²) in [5.74, 6) is 0. The zero-order valence-electron chi connectivity index (χ0n) is 19.3. The van der Waals surface area contributed by atoms with Crippen molar-refractivity contribution in [3.05, 3.63) is 71.3 Å². The molecule has 106 valence electrons. The topological polar surface area (TPSA) is 12.5 Å². The molecule has 0 bridgehead atoms. The number of benzene rings is 2. The van der Waals surface area contributed by atoms with Crippen LogP contribution < -0.4 is 0 Å². The van der Waals surface area contributed by atoms with Gasteiger partial charge in [0.05, 0.1) is 6.61 Å². The third-order valence-corrected chi connectivity index (χ3v) is 3.05. The molecule has 1 atom stereocenters. The van der Waals surface area contributed by atoms with Crippen molar-refractivity contribution in [1.29, 1.82) is 0 Å². The van der Waals surface area contributed by atoms with Crippen molar-refractivity contribution in [3.63, 3.8) is 0 Å². The van der Waals surface area contributed by atoms with Crippen molar-refractivity contribution in [2.45, 2.75) is 13.0 Å². The lowest BCUT2D eigenvalue weighted by atomic mass is 9.97. The third kappa shape index (κ3) is 3.92. The van der Waals surface area contributed by atoms with Crippen LogP contribution in [0.1, 0.15) is 33.8 Å². The highest BCUT2D eigenvalue weighted by Crippen LogP contribution is 2.28. The first-order chi connectivity index (χ1) is 12.8. The number of likely N-dealkylation sites (N-methyl/N-ethyl adjacent to an activating group) is 1. The number of rotatable bonds is 6. The van der Waals surface area contributed by atoms with Gasteiger partial charge in [0.25, 0.3) is 0 Å². The van der Waals surface area contributed by atoms with Crippen molar-refractivity contribution in [2.75, 3.05) is 27.1 Å². The second kappa shape index (κ2) is 7.22. The maximum absolute atomic E-state index is 8.11. The molecule has 0 spiro atoms. The predicted octanol–water partition coefficient (Wildman–Crippen LogP) is 3.66. The zero-order valence-corrected chi connectivity index (χ0v) is 11.3. The second-order valence-corrected chi connectivity index (χ2v) is 4.45. The van der Waals surface area contributed by atoms with Gasteiger partial charge in [0.2, 0.25) is 0 Å². The predicted molar refractivity (Wildman–Crippen MR) is 84.0 cm³/mol. The van der Waals surface area contributed by atoms with Crippen LogP contribution in [0.15, 0.2) is 54.6 Å². The largest absolute Gasteiger partial charge is 0.367 e. The Morgan fingerprint density at radius 3 is 2.50 bits per heavy atom. The van der Waals surface area contributed by atoms with E-state index in [-0.39, 0.29) is 4.90 Å². The summed E-state index contributed by atoms with van der Waals surface area (Å²) >= 11 is 0. The Morgan fingerprint density at radius 2 is 1.80 bits per heavy atom. The molecule has 0 N–H and O–H groups in total. The fourth-order valence-corrected chi connectivity index (χ4v) is 2.06. The lowest BCUT2D eigenvalue weighted by Crippen LogP contribution is -2.20. The van der Waals surface area contributed by atoms with Crippen LogP contribution in [0.4, 0.5) is 0 Å². The number of ether oxygens (including phenoxy) is 1. The average Bonchev–Trinajstić information content (AvgIpc) is 2.54. The van der Waals surface area contributed by atoms with Crippen LogP contribution in [0.2, 0.25) is 0 Å². The molecule has 0 aliphatic carbocycles. The first-order valence-electron chi connectivity index (χ1n) is 10.4. The number of nitrogens with zero attached hydrogens (tertiary/aromatic N) is 1. The molecule has 2 nitrogen and oxygen atoms in total. The summed E-state index contributed by atoms with van der Waals surface area (Å²) in [6, 6.07) is 16.5. The first kappa shape index (κ1) is 7.39. The molecule has 2 aromatic rings. The molecule has 2 heteroatoms. The minimum absolute atomic E-state index is 0.0904. The van der Waals surface area contributed by atoms with E-state index < -0.39 is 33.2 Å². The lowest BCUT2D eigenvalue weighted by Gasteiger charge is -2.22. The molecule has 0 fully saturated rings. The third-order valence-electron chi connectivity index (χ3n) is 3.05. The van der Waals surface area contributed by atoms with E-state index >= 15 is 0 Å². The summed E-state index contributed by atoms with van der Waals surface area (Å²) in [6.45, 7) is -7.89. The Bertz CT molecular complexity index is 759. The monoisotopic (exact) mass is 277 g/mol. The van der Waals surface area contributed by atoms with Gasteiger partial charge >= 0.3 is 0 Å². The Morgan fingerprint density at radius 1 is 1.10 bits per heavy atom. The van der Waals surface area contributed by atoms with E-state index in [4.69, 9.17) is 15.7 Å². The van der Waals surface area contributed by atoms with E-state index in [1.54, 1.807) is 0 Å². The van der Waals surface area contributed by atoms with Crippen LogP contribution >= 0.6 is 0 Å². The minimum Gasteiger partial charge on any atom is -0.367 e. The summed E-state index contributed by atoms with van der Waals surface area (Å²) in [7, 11) is 0. The zero-order chi connectivity index (χ0) is 21.2. The van der Waals surface area contributed by atoms with Crippen molar-refractivity contribution in [2.24, 2.45) is 0 Å². The van der Waals surface area contributed by atoms with E-state index in [0.29, 0.717) is 0 Å². The molecule has 0 radical (unpaired) electrons. The van der Waals surface area contributed by atoms with Crippen molar-refractivity contribution >= 4 is 0 Å². The smallest absolute Gasteiger partial charge is 0.108 e. The highest BCUT2D eigenvalue weighted by atomic mass is 16.5. The summed E-state index contributed by atoms with van der Waals surface area (Å²) in [6.07, 6.45) is -0.674. The van der Waals surface area contributed by atoms with Crippen LogP contribution in [-0.4, -0.2) is 32.0 Å². The highest BCUT2D eigenvalue weighted by molar-refractivity contribution is 5.35. The summed E-state index contributed by atoms with van der Waals surface area (Å²) in [5.41, 5.74) is 2.46. The minimum atomic E-state index is -3.15. The SMILES string of the molecule is [2H]C([2H])([2H])N(C([2H])([2H])[2H])C([2H])([2H])COC(c1ccccc1)c1ccccc1C. The van der Waals surface area contributed by atoms with Gasteiger partial charge in [0.1, 0.15) is 6.10 Å². The fraction of sp³-hybridized carbons (Fsp3) is 0.333. The van der Waals surface area contributed by atoms with E-state index in [2.05, 4.69) is 0 Å². The molecule has 1 unspecified atom stereocenters. The molecule has 2 aromatic carbocycles. The summed E-state index contributed by atoms with van der Waals surface area (Å²) in [5, 5.41) is 0. The van der Waals surface area contributed by atoms with Gasteiger partial charge in [-0.05, 0) is 37.6 Å². The van der Waals surface area contributed by atoms with Crippen molar-refractivity contribution in [3.8, 4) is 0 Å². The Balaban J connectivity index is 2.36. The van der Waals surface area contributed by atoms with Gasteiger partial charge in [0.15, 0.2) is 0 Å². The van der Waals surface area contributed by atoms with E-state index in [1.807, 2.05) is 61.5 Å². The quantitative estimate of drug-likeness (QED) is 0.799. The molecule has 0 aromatic heterocycles. The maximum Gasteiger partial charge on any atom is 0.108 e. The van der Waals surface area contributed by atoms with Gasteiger partial charge in [-0.15, -0.1) is 0 Å². The number of hydrogen-bond acceptors (Lipinski definition) is 2. The highest BCUT2D eigenvalue weighted by Gasteiger charge is 2.16. The van der Waals surface area contributed by atoms with Crippen LogP contribution in [0.25, 0.3) is 0 Å². The van der Waals surface area contributed by atoms with Crippen molar-refractivity contribution in [1.82, 2.24) is 4.90 Å². The van der Waals surface area contributed by atoms with E-state index in [9.17, 15) is 0 Å². The fourth-order valence-electron chi connectivity index (χ4n) is 2.06. The Labute approximate surface area is 133 Å². The van der Waals surface area contributed by atoms with E-state index in [1.165, 1.54) is 0 Å². The molecule has 2 rings (SSSR count). The molecule has 0 aliphatic heterocycles. The summed E-state index contributed by atoms with van der Waals surface area (Å²) in [4.78, 5) is -0.0904. The van der Waals surface area contributed by atoms with Gasteiger partial charge < -0.3 is 9.64 Å². The average molecular weight is 277 g/mol. The van der Waals surface area contributed by atoms with Gasteiger partial charge in [-0.25, -0.2) is 0 Å². The van der Waals surface area contributed by atoms with Crippen LogP contribution in [-0.2, 0) is 4.74 Å². The van der Waals surface area contributed by atoms with Gasteiger partial charge in [-0.2, -0.15) is 0 Å². The Hall–Kier alpha value is -1.64. The molecule has 0 saturated heterocycles. The summed E-state index contributed by atoms with van der Waals surface area (Å²) < 4.78 is 66.8. The first-order valence-corrected chi connectivity index (χ1v) is 6.36. The number of aryl methyl sites for hydroxylation is 1. The molecule has 0 amide bonds. The van der Waals surface area contributed by atoms with Gasteiger partial charge in [-0.3, -0.25) is 0 Å².